The topological polar surface area (TPSA) is 48.0 Å². The fraction of sp³-hybridized carbons (Fsp3) is 0.632. The number of nitrogens with zero attached hydrogens (tertiary/aromatic N) is 1. The van der Waals surface area contributed by atoms with E-state index in [1.54, 1.807) is 0 Å². The second kappa shape index (κ2) is 8.60. The molecule has 1 unspecified atom stereocenters. The first kappa shape index (κ1) is 17.4. The zero-order valence-corrected chi connectivity index (χ0v) is 14.4. The van der Waals surface area contributed by atoms with Crippen molar-refractivity contribution < 1.29 is 19.0 Å². The number of rotatable bonds is 4. The van der Waals surface area contributed by atoms with Crippen LogP contribution >= 0.6 is 0 Å². The lowest BCUT2D eigenvalue weighted by atomic mass is 10.1. The molecule has 5 heteroatoms. The van der Waals surface area contributed by atoms with Crippen LogP contribution in [0.1, 0.15) is 42.1 Å². The van der Waals surface area contributed by atoms with Gasteiger partial charge in [-0.25, -0.2) is 0 Å². The smallest absolute Gasteiger partial charge is 0.254 e. The predicted octanol–water partition coefficient (Wildman–Crippen LogP) is 2.63. The Morgan fingerprint density at radius 3 is 2.67 bits per heavy atom. The molecule has 2 saturated heterocycles. The van der Waals surface area contributed by atoms with Crippen LogP contribution in [0, 0.1) is 0 Å². The van der Waals surface area contributed by atoms with Gasteiger partial charge in [0.05, 0.1) is 19.3 Å². The second-order valence-electron chi connectivity index (χ2n) is 6.53. The Bertz CT molecular complexity index is 542. The van der Waals surface area contributed by atoms with Crippen molar-refractivity contribution in [3.63, 3.8) is 0 Å². The molecule has 0 aliphatic carbocycles. The molecule has 0 aromatic heterocycles. The lowest BCUT2D eigenvalue weighted by Crippen LogP contribution is -2.39. The zero-order valence-electron chi connectivity index (χ0n) is 14.4. The molecule has 3 rings (SSSR count). The van der Waals surface area contributed by atoms with Gasteiger partial charge in [0.1, 0.15) is 0 Å². The third-order valence-electron chi connectivity index (χ3n) is 4.84. The summed E-state index contributed by atoms with van der Waals surface area (Å²) in [6.07, 6.45) is 2.96. The van der Waals surface area contributed by atoms with Gasteiger partial charge < -0.3 is 19.1 Å². The molecule has 5 nitrogen and oxygen atoms in total. The number of hydrogen-bond acceptors (Lipinski definition) is 4. The number of ether oxygens (including phenoxy) is 3. The molecule has 24 heavy (non-hydrogen) atoms. The summed E-state index contributed by atoms with van der Waals surface area (Å²) in [7, 11) is 0. The zero-order chi connectivity index (χ0) is 16.8. The van der Waals surface area contributed by atoms with Gasteiger partial charge in [-0.15, -0.1) is 0 Å². The quantitative estimate of drug-likeness (QED) is 0.850. The molecule has 1 atom stereocenters. The highest BCUT2D eigenvalue weighted by Gasteiger charge is 2.25. The Balaban J connectivity index is 1.69. The fourth-order valence-electron chi connectivity index (χ4n) is 3.26. The number of carbonyl (C=O) groups is 1. The second-order valence-corrected chi connectivity index (χ2v) is 6.53. The maximum atomic E-state index is 13.0. The standard InChI is InChI=1S/C19H27NO4/c1-15-6-10-23-13-9-20(15)19(21)18-5-3-2-4-16(18)14-24-17-7-11-22-12-8-17/h2-5,15,17H,6-14H2,1H3. The van der Waals surface area contributed by atoms with E-state index in [1.165, 1.54) is 0 Å². The first-order chi connectivity index (χ1) is 11.8. The molecule has 1 amide bonds. The minimum atomic E-state index is 0.0826. The van der Waals surface area contributed by atoms with E-state index in [0.29, 0.717) is 19.8 Å². The summed E-state index contributed by atoms with van der Waals surface area (Å²) < 4.78 is 16.9. The monoisotopic (exact) mass is 333 g/mol. The van der Waals surface area contributed by atoms with Gasteiger partial charge in [-0.3, -0.25) is 4.79 Å². The Kier molecular flexibility index (Phi) is 6.24. The van der Waals surface area contributed by atoms with Gasteiger partial charge in [0.25, 0.3) is 5.91 Å². The Morgan fingerprint density at radius 2 is 1.83 bits per heavy atom. The third kappa shape index (κ3) is 4.35. The highest BCUT2D eigenvalue weighted by Crippen LogP contribution is 2.19. The van der Waals surface area contributed by atoms with Crippen molar-refractivity contribution in [1.29, 1.82) is 0 Å². The van der Waals surface area contributed by atoms with Crippen molar-refractivity contribution in [2.24, 2.45) is 0 Å². The van der Waals surface area contributed by atoms with E-state index in [1.807, 2.05) is 29.2 Å². The molecule has 0 bridgehead atoms. The van der Waals surface area contributed by atoms with E-state index < -0.39 is 0 Å². The van der Waals surface area contributed by atoms with Crippen LogP contribution in [-0.2, 0) is 20.8 Å². The van der Waals surface area contributed by atoms with Crippen LogP contribution in [0.5, 0.6) is 0 Å². The highest BCUT2D eigenvalue weighted by atomic mass is 16.5. The van der Waals surface area contributed by atoms with E-state index >= 15 is 0 Å². The van der Waals surface area contributed by atoms with E-state index in [9.17, 15) is 4.79 Å². The predicted molar refractivity (Wildman–Crippen MR) is 91.0 cm³/mol. The summed E-state index contributed by atoms with van der Waals surface area (Å²) in [6, 6.07) is 7.98. The fourth-order valence-corrected chi connectivity index (χ4v) is 3.26. The molecule has 1 aromatic rings. The van der Waals surface area contributed by atoms with Crippen LogP contribution in [0.4, 0.5) is 0 Å². The van der Waals surface area contributed by atoms with Crippen molar-refractivity contribution in [2.75, 3.05) is 33.0 Å². The van der Waals surface area contributed by atoms with Crippen LogP contribution in [0.3, 0.4) is 0 Å². The highest BCUT2D eigenvalue weighted by molar-refractivity contribution is 5.95. The molecular weight excluding hydrogens is 306 g/mol. The van der Waals surface area contributed by atoms with Crippen LogP contribution < -0.4 is 0 Å². The number of hydrogen-bond donors (Lipinski definition) is 0. The number of amides is 1. The van der Waals surface area contributed by atoms with Crippen LogP contribution in [0.25, 0.3) is 0 Å². The number of benzene rings is 1. The summed E-state index contributed by atoms with van der Waals surface area (Å²) >= 11 is 0. The minimum Gasteiger partial charge on any atom is -0.381 e. The molecule has 132 valence electrons. The van der Waals surface area contributed by atoms with Crippen molar-refractivity contribution in [3.8, 4) is 0 Å². The number of carbonyl (C=O) groups excluding carboxylic acids is 1. The maximum absolute atomic E-state index is 13.0. The summed E-state index contributed by atoms with van der Waals surface area (Å²) in [5, 5.41) is 0. The van der Waals surface area contributed by atoms with Crippen molar-refractivity contribution in [2.45, 2.75) is 44.9 Å². The summed E-state index contributed by atoms with van der Waals surface area (Å²) in [5.74, 6) is 0.0826. The van der Waals surface area contributed by atoms with E-state index in [0.717, 1.165) is 50.2 Å². The molecule has 0 saturated carbocycles. The molecule has 1 aromatic carbocycles. The van der Waals surface area contributed by atoms with Crippen LogP contribution in [-0.4, -0.2) is 55.9 Å². The normalized spacial score (nSPS) is 23.0. The Hall–Kier alpha value is -1.43. The van der Waals surface area contributed by atoms with Crippen molar-refractivity contribution in [3.05, 3.63) is 35.4 Å². The lowest BCUT2D eigenvalue weighted by molar-refractivity contribution is -0.0392. The van der Waals surface area contributed by atoms with Gasteiger partial charge in [0.15, 0.2) is 0 Å². The summed E-state index contributed by atoms with van der Waals surface area (Å²) in [4.78, 5) is 15.0. The van der Waals surface area contributed by atoms with Gasteiger partial charge in [-0.05, 0) is 37.8 Å². The largest absolute Gasteiger partial charge is 0.381 e. The average Bonchev–Trinajstić information content (AvgIpc) is 2.85. The molecule has 2 aliphatic heterocycles. The van der Waals surface area contributed by atoms with Crippen LogP contribution in [0.2, 0.25) is 0 Å². The summed E-state index contributed by atoms with van der Waals surface area (Å²) in [5.41, 5.74) is 1.71. The van der Waals surface area contributed by atoms with Crippen LogP contribution in [0.15, 0.2) is 24.3 Å². The molecule has 0 spiro atoms. The molecule has 2 heterocycles. The first-order valence-corrected chi connectivity index (χ1v) is 8.91. The van der Waals surface area contributed by atoms with Gasteiger partial charge in [0.2, 0.25) is 0 Å². The Morgan fingerprint density at radius 1 is 1.12 bits per heavy atom. The molecule has 0 radical (unpaired) electrons. The first-order valence-electron chi connectivity index (χ1n) is 8.91. The van der Waals surface area contributed by atoms with Crippen molar-refractivity contribution >= 4 is 5.91 Å². The van der Waals surface area contributed by atoms with E-state index in [2.05, 4.69) is 6.92 Å². The van der Waals surface area contributed by atoms with E-state index in [-0.39, 0.29) is 18.1 Å². The Labute approximate surface area is 143 Å². The van der Waals surface area contributed by atoms with Gasteiger partial charge in [0, 0.05) is 38.0 Å². The maximum Gasteiger partial charge on any atom is 0.254 e. The molecule has 0 N–H and O–H groups in total. The SMILES string of the molecule is CC1CCOCCN1C(=O)c1ccccc1COC1CCOCC1. The van der Waals surface area contributed by atoms with Gasteiger partial charge in [-0.2, -0.15) is 0 Å². The van der Waals surface area contributed by atoms with E-state index in [4.69, 9.17) is 14.2 Å². The average molecular weight is 333 g/mol. The molecule has 2 fully saturated rings. The van der Waals surface area contributed by atoms with Crippen molar-refractivity contribution in [1.82, 2.24) is 4.90 Å². The summed E-state index contributed by atoms with van der Waals surface area (Å²) in [6.45, 7) is 6.07. The van der Waals surface area contributed by atoms with Gasteiger partial charge >= 0.3 is 0 Å². The molecule has 2 aliphatic rings. The minimum absolute atomic E-state index is 0.0826. The van der Waals surface area contributed by atoms with Gasteiger partial charge in [-0.1, -0.05) is 18.2 Å². The lowest BCUT2D eigenvalue weighted by Gasteiger charge is -2.28. The molecular formula is C19H27NO4. The third-order valence-corrected chi connectivity index (χ3v) is 4.84.